The minimum atomic E-state index is -0.313. The molecule has 1 aromatic heterocycles. The van der Waals surface area contributed by atoms with Crippen LogP contribution in [0.4, 0.5) is 10.2 Å². The average Bonchev–Trinajstić information content (AvgIpc) is 2.69. The maximum absolute atomic E-state index is 13.6. The molecule has 2 aromatic rings. The van der Waals surface area contributed by atoms with Gasteiger partial charge < -0.3 is 10.0 Å². The molecule has 0 saturated carbocycles. The van der Waals surface area contributed by atoms with Gasteiger partial charge in [-0.25, -0.2) is 14.4 Å². The lowest BCUT2D eigenvalue weighted by Crippen LogP contribution is -2.49. The number of hydrogen-bond donors (Lipinski definition) is 1. The van der Waals surface area contributed by atoms with E-state index in [2.05, 4.69) is 21.4 Å². The van der Waals surface area contributed by atoms with Crippen molar-refractivity contribution >= 4 is 5.82 Å². The predicted molar refractivity (Wildman–Crippen MR) is 115 cm³/mol. The van der Waals surface area contributed by atoms with Crippen LogP contribution >= 0.6 is 0 Å². The van der Waals surface area contributed by atoms with Gasteiger partial charge in [0.25, 0.3) is 0 Å². The van der Waals surface area contributed by atoms with E-state index in [-0.39, 0.29) is 11.9 Å². The Morgan fingerprint density at radius 1 is 1.21 bits per heavy atom. The van der Waals surface area contributed by atoms with Crippen molar-refractivity contribution in [3.63, 3.8) is 0 Å². The fourth-order valence-corrected chi connectivity index (χ4v) is 3.88. The van der Waals surface area contributed by atoms with Gasteiger partial charge in [0.2, 0.25) is 0 Å². The third kappa shape index (κ3) is 5.84. The predicted octanol–water partition coefficient (Wildman–Crippen LogP) is 3.27. The molecule has 0 spiro atoms. The van der Waals surface area contributed by atoms with Crippen LogP contribution in [-0.2, 0) is 6.42 Å². The van der Waals surface area contributed by atoms with E-state index in [9.17, 15) is 9.50 Å². The summed E-state index contributed by atoms with van der Waals surface area (Å²) < 4.78 is 13.6. The topological polar surface area (TPSA) is 52.5 Å². The summed E-state index contributed by atoms with van der Waals surface area (Å²) in [5.74, 6) is 1.48. The van der Waals surface area contributed by atoms with Crippen LogP contribution in [-0.4, -0.2) is 58.8 Å². The Kier molecular flexibility index (Phi) is 7.34. The number of aliphatic hydroxyl groups is 1. The summed E-state index contributed by atoms with van der Waals surface area (Å²) in [4.78, 5) is 13.9. The van der Waals surface area contributed by atoms with Crippen LogP contribution in [0.5, 0.6) is 0 Å². The molecule has 1 N–H and O–H groups in total. The summed E-state index contributed by atoms with van der Waals surface area (Å²) in [5.41, 5.74) is 2.92. The standard InChI is InChI=1S/C23H31FN4O/c1-4-5-9-21(29)16-27-10-12-28(13-11-27)23-22(17(2)25-18(3)26-23)15-19-7-6-8-20(24)14-19/h4,6-8,14,21,29H,1,5,9-13,15-16H2,2-3H3/t21-/m0/s1. The number of aliphatic hydroxyl groups excluding tert-OH is 1. The second-order valence-electron chi connectivity index (χ2n) is 7.77. The lowest BCUT2D eigenvalue weighted by Gasteiger charge is -2.37. The number of rotatable bonds is 8. The average molecular weight is 399 g/mol. The molecule has 0 unspecified atom stereocenters. The Hall–Kier alpha value is -2.31. The molecule has 5 nitrogen and oxygen atoms in total. The van der Waals surface area contributed by atoms with E-state index in [0.717, 1.165) is 67.5 Å². The zero-order chi connectivity index (χ0) is 20.8. The van der Waals surface area contributed by atoms with Gasteiger partial charge in [0.15, 0.2) is 0 Å². The Labute approximate surface area is 172 Å². The van der Waals surface area contributed by atoms with E-state index in [1.165, 1.54) is 6.07 Å². The Morgan fingerprint density at radius 2 is 1.97 bits per heavy atom. The summed E-state index contributed by atoms with van der Waals surface area (Å²) in [7, 11) is 0. The van der Waals surface area contributed by atoms with Gasteiger partial charge in [-0.1, -0.05) is 18.2 Å². The fourth-order valence-electron chi connectivity index (χ4n) is 3.88. The van der Waals surface area contributed by atoms with Crippen molar-refractivity contribution in [1.29, 1.82) is 0 Å². The molecule has 1 aliphatic heterocycles. The summed E-state index contributed by atoms with van der Waals surface area (Å²) in [5, 5.41) is 10.2. The van der Waals surface area contributed by atoms with Gasteiger partial charge in [-0.3, -0.25) is 4.90 Å². The molecule has 0 bridgehead atoms. The van der Waals surface area contributed by atoms with Crippen molar-refractivity contribution in [2.75, 3.05) is 37.6 Å². The van der Waals surface area contributed by atoms with Gasteiger partial charge in [-0.05, 0) is 44.4 Å². The van der Waals surface area contributed by atoms with Crippen LogP contribution in [0.1, 0.15) is 35.5 Å². The number of benzene rings is 1. The van der Waals surface area contributed by atoms with E-state index in [0.29, 0.717) is 13.0 Å². The van der Waals surface area contributed by atoms with Crippen LogP contribution in [0.25, 0.3) is 0 Å². The molecule has 156 valence electrons. The highest BCUT2D eigenvalue weighted by Gasteiger charge is 2.23. The normalized spacial score (nSPS) is 16.1. The van der Waals surface area contributed by atoms with E-state index in [1.807, 2.05) is 26.0 Å². The SMILES string of the molecule is C=CCC[C@H](O)CN1CCN(c2nc(C)nc(C)c2Cc2cccc(F)c2)CC1. The first-order valence-corrected chi connectivity index (χ1v) is 10.3. The van der Waals surface area contributed by atoms with Crippen molar-refractivity contribution in [1.82, 2.24) is 14.9 Å². The molecule has 29 heavy (non-hydrogen) atoms. The maximum atomic E-state index is 13.6. The number of nitrogens with zero attached hydrogens (tertiary/aromatic N) is 4. The molecule has 1 aromatic carbocycles. The molecule has 2 heterocycles. The lowest BCUT2D eigenvalue weighted by atomic mass is 10.0. The first-order chi connectivity index (χ1) is 14.0. The Morgan fingerprint density at radius 3 is 2.66 bits per heavy atom. The van der Waals surface area contributed by atoms with Gasteiger partial charge >= 0.3 is 0 Å². The number of β-amino-alcohol motifs (C(OH)–C–C–N with tert-alkyl or cyclic N) is 1. The number of aromatic nitrogens is 2. The lowest BCUT2D eigenvalue weighted by molar-refractivity contribution is 0.103. The van der Waals surface area contributed by atoms with Gasteiger partial charge in [0, 0.05) is 50.4 Å². The van der Waals surface area contributed by atoms with E-state index >= 15 is 0 Å². The minimum absolute atomic E-state index is 0.224. The first-order valence-electron chi connectivity index (χ1n) is 10.3. The van der Waals surface area contributed by atoms with Gasteiger partial charge in [0.1, 0.15) is 17.5 Å². The van der Waals surface area contributed by atoms with E-state index in [1.54, 1.807) is 12.1 Å². The highest BCUT2D eigenvalue weighted by atomic mass is 19.1. The number of allylic oxidation sites excluding steroid dienone is 1. The van der Waals surface area contributed by atoms with Crippen LogP contribution in [0, 0.1) is 19.7 Å². The molecule has 0 amide bonds. The number of anilines is 1. The quantitative estimate of drug-likeness (QED) is 0.692. The number of piperazine rings is 1. The summed E-state index contributed by atoms with van der Waals surface area (Å²) in [6.45, 7) is 11.8. The second kappa shape index (κ2) is 9.94. The molecule has 3 rings (SSSR count). The van der Waals surface area contributed by atoms with E-state index in [4.69, 9.17) is 4.98 Å². The first kappa shape index (κ1) is 21.4. The molecule has 6 heteroatoms. The number of hydrogen-bond acceptors (Lipinski definition) is 5. The molecule has 0 radical (unpaired) electrons. The van der Waals surface area contributed by atoms with Crippen LogP contribution in [0.2, 0.25) is 0 Å². The van der Waals surface area contributed by atoms with Crippen LogP contribution < -0.4 is 4.90 Å². The zero-order valence-corrected chi connectivity index (χ0v) is 17.4. The van der Waals surface area contributed by atoms with E-state index < -0.39 is 0 Å². The van der Waals surface area contributed by atoms with Crippen molar-refractivity contribution in [3.05, 3.63) is 65.4 Å². The summed E-state index contributed by atoms with van der Waals surface area (Å²) in [6, 6.07) is 6.72. The van der Waals surface area contributed by atoms with Crippen molar-refractivity contribution in [3.8, 4) is 0 Å². The van der Waals surface area contributed by atoms with Crippen LogP contribution in [0.15, 0.2) is 36.9 Å². The molecule has 1 saturated heterocycles. The van der Waals surface area contributed by atoms with Crippen molar-refractivity contribution in [2.24, 2.45) is 0 Å². The van der Waals surface area contributed by atoms with Gasteiger partial charge in [-0.2, -0.15) is 0 Å². The van der Waals surface area contributed by atoms with Gasteiger partial charge in [0.05, 0.1) is 6.10 Å². The highest BCUT2D eigenvalue weighted by molar-refractivity contribution is 5.51. The fraction of sp³-hybridized carbons (Fsp3) is 0.478. The van der Waals surface area contributed by atoms with Crippen LogP contribution in [0.3, 0.4) is 0 Å². The smallest absolute Gasteiger partial charge is 0.136 e. The molecular weight excluding hydrogens is 367 g/mol. The zero-order valence-electron chi connectivity index (χ0n) is 17.4. The third-order valence-corrected chi connectivity index (χ3v) is 5.42. The molecule has 0 aliphatic carbocycles. The molecule has 1 atom stereocenters. The maximum Gasteiger partial charge on any atom is 0.136 e. The van der Waals surface area contributed by atoms with Gasteiger partial charge in [-0.15, -0.1) is 6.58 Å². The molecular formula is C23H31FN4O. The Balaban J connectivity index is 1.71. The second-order valence-corrected chi connectivity index (χ2v) is 7.77. The number of halogens is 1. The summed E-state index contributed by atoms with van der Waals surface area (Å²) in [6.07, 6.45) is 3.74. The highest BCUT2D eigenvalue weighted by Crippen LogP contribution is 2.25. The van der Waals surface area contributed by atoms with Crippen molar-refractivity contribution < 1.29 is 9.50 Å². The largest absolute Gasteiger partial charge is 0.392 e. The minimum Gasteiger partial charge on any atom is -0.392 e. The Bertz CT molecular complexity index is 834. The number of aryl methyl sites for hydroxylation is 2. The summed E-state index contributed by atoms with van der Waals surface area (Å²) >= 11 is 0. The molecule has 1 fully saturated rings. The van der Waals surface area contributed by atoms with Crippen molar-refractivity contribution in [2.45, 2.75) is 39.2 Å². The molecule has 1 aliphatic rings. The third-order valence-electron chi connectivity index (χ3n) is 5.42. The monoisotopic (exact) mass is 398 g/mol.